The third-order valence-electron chi connectivity index (χ3n) is 0.865. The number of rotatable bonds is 3. The van der Waals surface area contributed by atoms with Crippen LogP contribution in [0, 0.1) is 5.41 Å². The number of nitrogens with two attached hydrogens (primary N) is 1. The van der Waals surface area contributed by atoms with Crippen molar-refractivity contribution in [2.75, 3.05) is 6.54 Å². The fourth-order valence-corrected chi connectivity index (χ4v) is 0.401. The van der Waals surface area contributed by atoms with Crippen molar-refractivity contribution in [3.63, 3.8) is 0 Å². The lowest BCUT2D eigenvalue weighted by Crippen LogP contribution is -2.30. The average molecular weight is 167 g/mol. The Morgan fingerprint density at radius 3 is 2.27 bits per heavy atom. The minimum absolute atomic E-state index is 0.0987. The van der Waals surface area contributed by atoms with Gasteiger partial charge >= 0.3 is 6.08 Å². The van der Waals surface area contributed by atoms with Gasteiger partial charge in [0.2, 0.25) is 0 Å². The predicted molar refractivity (Wildman–Crippen MR) is 34.9 cm³/mol. The molecular formula is C5H8F3N3. The van der Waals surface area contributed by atoms with Gasteiger partial charge in [-0.15, -0.1) is 0 Å². The van der Waals surface area contributed by atoms with Crippen molar-refractivity contribution in [2.24, 2.45) is 5.73 Å². The second-order valence-electron chi connectivity index (χ2n) is 1.76. The van der Waals surface area contributed by atoms with Crippen molar-refractivity contribution in [3.8, 4) is 0 Å². The maximum absolute atomic E-state index is 12.0. The third kappa shape index (κ3) is 5.25. The summed E-state index contributed by atoms with van der Waals surface area (Å²) in [4.78, 5) is 0. The number of guanidine groups is 1. The first-order chi connectivity index (χ1) is 5.04. The molecule has 0 aliphatic heterocycles. The van der Waals surface area contributed by atoms with Crippen LogP contribution in [0.1, 0.15) is 6.42 Å². The Hall–Kier alpha value is -1.20. The van der Waals surface area contributed by atoms with E-state index in [1.807, 2.05) is 0 Å². The molecule has 11 heavy (non-hydrogen) atoms. The molecule has 0 fully saturated rings. The van der Waals surface area contributed by atoms with Gasteiger partial charge in [0.15, 0.2) is 11.8 Å². The van der Waals surface area contributed by atoms with Gasteiger partial charge in [0.1, 0.15) is 0 Å². The van der Waals surface area contributed by atoms with Crippen molar-refractivity contribution in [1.82, 2.24) is 5.32 Å². The van der Waals surface area contributed by atoms with Crippen LogP contribution in [-0.2, 0) is 0 Å². The first-order valence-corrected chi connectivity index (χ1v) is 2.81. The lowest BCUT2D eigenvalue weighted by molar-refractivity contribution is 0.370. The molecule has 0 unspecified atom stereocenters. The highest BCUT2D eigenvalue weighted by Crippen LogP contribution is 2.11. The molecule has 4 N–H and O–H groups in total. The Morgan fingerprint density at radius 1 is 1.36 bits per heavy atom. The second kappa shape index (κ2) is 4.59. The first-order valence-electron chi connectivity index (χ1n) is 2.81. The minimum Gasteiger partial charge on any atom is -0.370 e. The number of hydrogen-bond acceptors (Lipinski definition) is 1. The van der Waals surface area contributed by atoms with Crippen molar-refractivity contribution >= 4 is 5.96 Å². The molecule has 0 amide bonds. The number of hydrogen-bond donors (Lipinski definition) is 3. The molecule has 3 nitrogen and oxygen atoms in total. The molecule has 0 saturated carbocycles. The molecule has 0 aromatic rings. The zero-order valence-electron chi connectivity index (χ0n) is 5.63. The lowest BCUT2D eigenvalue weighted by atomic mass is 10.4. The summed E-state index contributed by atoms with van der Waals surface area (Å²) < 4.78 is 34.6. The van der Waals surface area contributed by atoms with Gasteiger partial charge in [-0.3, -0.25) is 5.41 Å². The molecule has 0 aliphatic carbocycles. The highest BCUT2D eigenvalue weighted by molar-refractivity contribution is 5.74. The van der Waals surface area contributed by atoms with E-state index in [9.17, 15) is 13.2 Å². The van der Waals surface area contributed by atoms with Gasteiger partial charge in [0.05, 0.1) is 0 Å². The van der Waals surface area contributed by atoms with Crippen molar-refractivity contribution in [2.45, 2.75) is 6.42 Å². The summed E-state index contributed by atoms with van der Waals surface area (Å²) in [7, 11) is 0. The summed E-state index contributed by atoms with van der Waals surface area (Å²) in [6, 6.07) is 0. The van der Waals surface area contributed by atoms with Gasteiger partial charge in [-0.2, -0.15) is 8.78 Å². The van der Waals surface area contributed by atoms with Gasteiger partial charge in [0.25, 0.3) is 0 Å². The molecule has 64 valence electrons. The zero-order valence-corrected chi connectivity index (χ0v) is 5.63. The molecule has 0 heterocycles. The van der Waals surface area contributed by atoms with Crippen LogP contribution in [0.15, 0.2) is 11.9 Å². The topological polar surface area (TPSA) is 61.9 Å². The van der Waals surface area contributed by atoms with E-state index in [0.29, 0.717) is 0 Å². The van der Waals surface area contributed by atoms with E-state index >= 15 is 0 Å². The zero-order chi connectivity index (χ0) is 8.85. The molecule has 0 saturated heterocycles. The molecule has 0 spiro atoms. The highest BCUT2D eigenvalue weighted by atomic mass is 19.3. The molecule has 0 rings (SSSR count). The van der Waals surface area contributed by atoms with Crippen molar-refractivity contribution in [3.05, 3.63) is 11.9 Å². The van der Waals surface area contributed by atoms with E-state index in [-0.39, 0.29) is 12.5 Å². The third-order valence-corrected chi connectivity index (χ3v) is 0.865. The van der Waals surface area contributed by atoms with Crippen LogP contribution in [-0.4, -0.2) is 12.5 Å². The molecule has 0 aromatic heterocycles. The SMILES string of the molecule is N=C(N)NCCC(F)=C(F)F. The Labute approximate surface area is 61.6 Å². The molecule has 0 aromatic carbocycles. The Kier molecular flexibility index (Phi) is 4.09. The lowest BCUT2D eigenvalue weighted by Gasteiger charge is -1.99. The van der Waals surface area contributed by atoms with E-state index < -0.39 is 18.3 Å². The van der Waals surface area contributed by atoms with Crippen LogP contribution < -0.4 is 11.1 Å². The monoisotopic (exact) mass is 167 g/mol. The predicted octanol–water partition coefficient (Wildman–Crippen LogP) is 0.937. The molecule has 0 radical (unpaired) electrons. The summed E-state index contributed by atoms with van der Waals surface area (Å²) in [5.41, 5.74) is 4.80. The normalized spacial score (nSPS) is 9.00. The van der Waals surface area contributed by atoms with Gasteiger partial charge < -0.3 is 11.1 Å². The summed E-state index contributed by atoms with van der Waals surface area (Å²) in [6.07, 6.45) is -2.78. The van der Waals surface area contributed by atoms with Crippen LogP contribution in [0.2, 0.25) is 0 Å². The number of halogens is 3. The standard InChI is InChI=1S/C5H8F3N3/c6-3(4(7)8)1-2-11-5(9)10/h1-2H2,(H4,9,10,11). The van der Waals surface area contributed by atoms with E-state index in [0.717, 1.165) is 0 Å². The summed E-state index contributed by atoms with van der Waals surface area (Å²) in [5.74, 6) is -1.84. The van der Waals surface area contributed by atoms with Crippen LogP contribution in [0.4, 0.5) is 13.2 Å². The molecule has 0 bridgehead atoms. The second-order valence-corrected chi connectivity index (χ2v) is 1.76. The summed E-state index contributed by atoms with van der Waals surface area (Å²) in [5, 5.41) is 8.77. The highest BCUT2D eigenvalue weighted by Gasteiger charge is 2.03. The molecule has 6 heteroatoms. The fourth-order valence-electron chi connectivity index (χ4n) is 0.401. The van der Waals surface area contributed by atoms with Gasteiger partial charge in [-0.1, -0.05) is 0 Å². The van der Waals surface area contributed by atoms with E-state index in [1.54, 1.807) is 0 Å². The van der Waals surface area contributed by atoms with Crippen LogP contribution in [0.5, 0.6) is 0 Å². The average Bonchev–Trinajstić information content (AvgIpc) is 1.86. The molecule has 0 aliphatic rings. The van der Waals surface area contributed by atoms with Crippen LogP contribution in [0.3, 0.4) is 0 Å². The number of nitrogens with one attached hydrogen (secondary N) is 2. The summed E-state index contributed by atoms with van der Waals surface area (Å²) in [6.45, 7) is -0.0987. The van der Waals surface area contributed by atoms with E-state index in [2.05, 4.69) is 5.32 Å². The minimum atomic E-state index is -2.32. The van der Waals surface area contributed by atoms with Gasteiger partial charge in [-0.25, -0.2) is 4.39 Å². The Balaban J connectivity index is 3.56. The van der Waals surface area contributed by atoms with Gasteiger partial charge in [-0.05, 0) is 0 Å². The van der Waals surface area contributed by atoms with E-state index in [1.165, 1.54) is 0 Å². The van der Waals surface area contributed by atoms with Gasteiger partial charge in [0, 0.05) is 13.0 Å². The Morgan fingerprint density at radius 2 is 1.91 bits per heavy atom. The van der Waals surface area contributed by atoms with Crippen LogP contribution in [0.25, 0.3) is 0 Å². The van der Waals surface area contributed by atoms with E-state index in [4.69, 9.17) is 11.1 Å². The quantitative estimate of drug-likeness (QED) is 0.432. The smallest absolute Gasteiger partial charge is 0.301 e. The van der Waals surface area contributed by atoms with Crippen molar-refractivity contribution < 1.29 is 13.2 Å². The summed E-state index contributed by atoms with van der Waals surface area (Å²) >= 11 is 0. The molecular weight excluding hydrogens is 159 g/mol. The largest absolute Gasteiger partial charge is 0.370 e. The maximum Gasteiger partial charge on any atom is 0.301 e. The van der Waals surface area contributed by atoms with Crippen molar-refractivity contribution in [1.29, 1.82) is 5.41 Å². The fraction of sp³-hybridized carbons (Fsp3) is 0.400. The van der Waals surface area contributed by atoms with Crippen LogP contribution >= 0.6 is 0 Å². The first kappa shape index (κ1) is 9.80. The molecule has 0 atom stereocenters. The Bertz CT molecular complexity index is 174. The maximum atomic E-state index is 12.0.